The van der Waals surface area contributed by atoms with E-state index in [9.17, 15) is 18.0 Å². The molecule has 0 aliphatic carbocycles. The number of hydrogen-bond donors (Lipinski definition) is 2. The van der Waals surface area contributed by atoms with Gasteiger partial charge in [0.25, 0.3) is 5.91 Å². The van der Waals surface area contributed by atoms with E-state index in [2.05, 4.69) is 4.74 Å². The number of halogens is 3. The number of alkyl halides is 3. The number of thiophene rings is 1. The maximum Gasteiger partial charge on any atom is 0.411 e. The molecule has 0 radical (unpaired) electrons. The van der Waals surface area contributed by atoms with Crippen molar-refractivity contribution in [2.45, 2.75) is 12.8 Å². The summed E-state index contributed by atoms with van der Waals surface area (Å²) in [6, 6.07) is 2.99. The summed E-state index contributed by atoms with van der Waals surface area (Å²) in [6.45, 7) is -1.48. The average molecular weight is 254 g/mol. The number of carbonyl (C=O) groups excluding carboxylic acids is 1. The zero-order chi connectivity index (χ0) is 12.2. The highest BCUT2D eigenvalue weighted by Crippen LogP contribution is 2.19. The third-order valence-electron chi connectivity index (χ3n) is 1.53. The third-order valence-corrected chi connectivity index (χ3v) is 2.58. The van der Waals surface area contributed by atoms with E-state index in [1.165, 1.54) is 12.1 Å². The number of rotatable bonds is 4. The largest absolute Gasteiger partial charge is 0.411 e. The zero-order valence-electron chi connectivity index (χ0n) is 8.00. The van der Waals surface area contributed by atoms with Gasteiger partial charge in [-0.25, -0.2) is 5.84 Å². The highest BCUT2D eigenvalue weighted by atomic mass is 32.1. The van der Waals surface area contributed by atoms with Crippen LogP contribution in [0.3, 0.4) is 0 Å². The summed E-state index contributed by atoms with van der Waals surface area (Å²) in [4.78, 5) is 11.9. The van der Waals surface area contributed by atoms with Crippen molar-refractivity contribution in [2.75, 3.05) is 6.61 Å². The maximum atomic E-state index is 11.7. The Balaban J connectivity index is 2.44. The first kappa shape index (κ1) is 12.9. The van der Waals surface area contributed by atoms with Gasteiger partial charge >= 0.3 is 6.18 Å². The summed E-state index contributed by atoms with van der Waals surface area (Å²) in [6.07, 6.45) is -4.34. The second-order valence-electron chi connectivity index (χ2n) is 2.85. The third kappa shape index (κ3) is 4.17. The minimum atomic E-state index is -4.34. The van der Waals surface area contributed by atoms with E-state index in [1.807, 2.05) is 5.43 Å². The fourth-order valence-electron chi connectivity index (χ4n) is 0.916. The smallest absolute Gasteiger partial charge is 0.367 e. The van der Waals surface area contributed by atoms with E-state index in [4.69, 9.17) is 5.84 Å². The van der Waals surface area contributed by atoms with Crippen molar-refractivity contribution in [3.8, 4) is 0 Å². The minimum Gasteiger partial charge on any atom is -0.367 e. The number of nitrogens with two attached hydrogens (primary N) is 1. The Kier molecular flexibility index (Phi) is 4.27. The van der Waals surface area contributed by atoms with Crippen LogP contribution in [0.2, 0.25) is 0 Å². The first-order valence-corrected chi connectivity index (χ1v) is 4.98. The molecule has 1 rings (SSSR count). The first-order valence-electron chi connectivity index (χ1n) is 4.16. The van der Waals surface area contributed by atoms with Crippen molar-refractivity contribution in [1.29, 1.82) is 0 Å². The molecule has 1 aromatic rings. The Hall–Kier alpha value is -1.12. The van der Waals surface area contributed by atoms with Crippen LogP contribution < -0.4 is 11.3 Å². The van der Waals surface area contributed by atoms with Crippen molar-refractivity contribution in [3.05, 3.63) is 21.9 Å². The summed E-state index contributed by atoms with van der Waals surface area (Å²) >= 11 is 1.03. The van der Waals surface area contributed by atoms with Gasteiger partial charge in [-0.05, 0) is 12.1 Å². The number of nitrogen functional groups attached to an aromatic ring is 1. The van der Waals surface area contributed by atoms with Gasteiger partial charge in [-0.1, -0.05) is 0 Å². The van der Waals surface area contributed by atoms with E-state index < -0.39 is 18.7 Å². The molecule has 0 spiro atoms. The zero-order valence-corrected chi connectivity index (χ0v) is 8.82. The topological polar surface area (TPSA) is 64.3 Å². The molecular formula is C8H9F3N2O2S. The average Bonchev–Trinajstić information content (AvgIpc) is 2.63. The van der Waals surface area contributed by atoms with E-state index in [0.717, 1.165) is 11.3 Å². The maximum absolute atomic E-state index is 11.7. The Bertz CT molecular complexity index is 364. The fraction of sp³-hybridized carbons (Fsp3) is 0.375. The number of nitrogens with one attached hydrogen (secondary N) is 1. The SMILES string of the molecule is NNC(=O)c1ccc(COCC(F)(F)F)s1. The van der Waals surface area contributed by atoms with Gasteiger partial charge in [0.15, 0.2) is 0 Å². The van der Waals surface area contributed by atoms with Crippen LogP contribution in [0.15, 0.2) is 12.1 Å². The predicted octanol–water partition coefficient (Wildman–Crippen LogP) is 1.43. The number of hydrogen-bond acceptors (Lipinski definition) is 4. The van der Waals surface area contributed by atoms with Crippen LogP contribution in [-0.4, -0.2) is 18.7 Å². The quantitative estimate of drug-likeness (QED) is 0.485. The highest BCUT2D eigenvalue weighted by Gasteiger charge is 2.27. The van der Waals surface area contributed by atoms with E-state index in [0.29, 0.717) is 9.75 Å². The van der Waals surface area contributed by atoms with Gasteiger partial charge in [-0.15, -0.1) is 11.3 Å². The normalized spacial score (nSPS) is 11.5. The van der Waals surface area contributed by atoms with Gasteiger partial charge in [0, 0.05) is 4.88 Å². The molecule has 1 heterocycles. The molecule has 8 heteroatoms. The number of ether oxygens (including phenoxy) is 1. The first-order chi connectivity index (χ1) is 7.42. The Labute approximate surface area is 93.2 Å². The predicted molar refractivity (Wildman–Crippen MR) is 51.7 cm³/mol. The van der Waals surface area contributed by atoms with Crippen molar-refractivity contribution in [3.63, 3.8) is 0 Å². The molecule has 0 saturated carbocycles. The summed E-state index contributed by atoms with van der Waals surface area (Å²) in [5, 5.41) is 0. The molecule has 0 aliphatic heterocycles. The number of hydrazine groups is 1. The monoisotopic (exact) mass is 254 g/mol. The molecule has 0 fully saturated rings. The molecule has 0 aromatic carbocycles. The van der Waals surface area contributed by atoms with Gasteiger partial charge in [0.1, 0.15) is 6.61 Å². The lowest BCUT2D eigenvalue weighted by atomic mass is 10.4. The lowest BCUT2D eigenvalue weighted by molar-refractivity contribution is -0.176. The molecular weight excluding hydrogens is 245 g/mol. The van der Waals surface area contributed by atoms with Gasteiger partial charge in [-0.2, -0.15) is 13.2 Å². The van der Waals surface area contributed by atoms with E-state index >= 15 is 0 Å². The molecule has 0 aliphatic rings. The van der Waals surface area contributed by atoms with Crippen molar-refractivity contribution < 1.29 is 22.7 Å². The Morgan fingerprint density at radius 1 is 1.50 bits per heavy atom. The summed E-state index contributed by atoms with van der Waals surface area (Å²) in [5.41, 5.74) is 1.93. The van der Waals surface area contributed by atoms with Crippen LogP contribution in [-0.2, 0) is 11.3 Å². The lowest BCUT2D eigenvalue weighted by Crippen LogP contribution is -2.29. The van der Waals surface area contributed by atoms with Gasteiger partial charge in [-0.3, -0.25) is 10.2 Å². The minimum absolute atomic E-state index is 0.179. The van der Waals surface area contributed by atoms with Gasteiger partial charge in [0.2, 0.25) is 0 Å². The van der Waals surface area contributed by atoms with E-state index in [-0.39, 0.29) is 6.61 Å². The Morgan fingerprint density at radius 2 is 2.19 bits per heavy atom. The molecule has 1 amide bonds. The molecule has 0 saturated heterocycles. The van der Waals surface area contributed by atoms with Crippen molar-refractivity contribution in [1.82, 2.24) is 5.43 Å². The second kappa shape index (κ2) is 5.28. The molecule has 3 N–H and O–H groups in total. The van der Waals surface area contributed by atoms with Crippen molar-refractivity contribution >= 4 is 17.2 Å². The number of carbonyl (C=O) groups is 1. The number of amides is 1. The van der Waals surface area contributed by atoms with Crippen LogP contribution in [0.25, 0.3) is 0 Å². The summed E-state index contributed by atoms with van der Waals surface area (Å²) in [7, 11) is 0. The molecule has 90 valence electrons. The second-order valence-corrected chi connectivity index (χ2v) is 4.02. The molecule has 0 bridgehead atoms. The van der Waals surface area contributed by atoms with E-state index in [1.54, 1.807) is 0 Å². The Morgan fingerprint density at radius 3 is 2.75 bits per heavy atom. The van der Waals surface area contributed by atoms with Gasteiger partial charge in [0.05, 0.1) is 11.5 Å². The van der Waals surface area contributed by atoms with Crippen LogP contribution in [0.4, 0.5) is 13.2 Å². The van der Waals surface area contributed by atoms with Crippen LogP contribution in [0.5, 0.6) is 0 Å². The van der Waals surface area contributed by atoms with Gasteiger partial charge < -0.3 is 4.74 Å². The van der Waals surface area contributed by atoms with Crippen LogP contribution >= 0.6 is 11.3 Å². The molecule has 0 unspecified atom stereocenters. The molecule has 16 heavy (non-hydrogen) atoms. The molecule has 4 nitrogen and oxygen atoms in total. The van der Waals surface area contributed by atoms with Crippen molar-refractivity contribution in [2.24, 2.45) is 5.84 Å². The highest BCUT2D eigenvalue weighted by molar-refractivity contribution is 7.14. The fourth-order valence-corrected chi connectivity index (χ4v) is 1.76. The standard InChI is InChI=1S/C8H9F3N2O2S/c9-8(10,11)4-15-3-5-1-2-6(16-5)7(14)13-12/h1-2H,3-4,12H2,(H,13,14). The van der Waals surface area contributed by atoms with Crippen LogP contribution in [0, 0.1) is 0 Å². The summed E-state index contributed by atoms with van der Waals surface area (Å²) in [5.74, 6) is 4.42. The molecule has 1 aromatic heterocycles. The molecule has 0 atom stereocenters. The lowest BCUT2D eigenvalue weighted by Gasteiger charge is -2.05. The summed E-state index contributed by atoms with van der Waals surface area (Å²) < 4.78 is 39.7. The van der Waals surface area contributed by atoms with Crippen LogP contribution in [0.1, 0.15) is 14.5 Å².